The van der Waals surface area contributed by atoms with Crippen molar-refractivity contribution in [3.63, 3.8) is 0 Å². The molecule has 1 unspecified atom stereocenters. The van der Waals surface area contributed by atoms with Crippen molar-refractivity contribution >= 4 is 16.5 Å². The zero-order chi connectivity index (χ0) is 5.91. The summed E-state index contributed by atoms with van der Waals surface area (Å²) in [5.74, 6) is 0. The maximum atomic E-state index is 2.69. The average molecular weight is 115 g/mol. The Bertz CT molecular complexity index is 46.5. The summed E-state index contributed by atoms with van der Waals surface area (Å²) in [6, 6.07) is 1.10. The molecule has 0 bridgehead atoms. The Morgan fingerprint density at radius 3 is 1.86 bits per heavy atom. The first kappa shape index (κ1) is 7.49. The molecule has 0 heterocycles. The Labute approximate surface area is 49.5 Å². The van der Waals surface area contributed by atoms with Gasteiger partial charge in [-0.3, -0.25) is 0 Å². The number of hydrogen-bond donors (Lipinski definition) is 0. The van der Waals surface area contributed by atoms with Crippen LogP contribution in [0.2, 0.25) is 5.31 Å². The monoisotopic (exact) mass is 115 g/mol. The van der Waals surface area contributed by atoms with E-state index in [-0.39, 0.29) is 0 Å². The standard InChI is InChI=1S/C5H13BP/c1-5(2,3)6-4-7/h4,7H2,1-3H3. The largest absolute Gasteiger partial charge is 0.146 e. The van der Waals surface area contributed by atoms with Crippen LogP contribution in [-0.4, -0.2) is 13.3 Å². The van der Waals surface area contributed by atoms with Crippen LogP contribution >= 0.6 is 9.24 Å². The molecular weight excluding hydrogens is 102 g/mol. The van der Waals surface area contributed by atoms with Crippen LogP contribution in [0.4, 0.5) is 0 Å². The van der Waals surface area contributed by atoms with E-state index in [1.54, 1.807) is 0 Å². The van der Waals surface area contributed by atoms with Gasteiger partial charge in [0, 0.05) is 0 Å². The Kier molecular flexibility index (Phi) is 2.91. The fourth-order valence-corrected chi connectivity index (χ4v) is 1.06. The van der Waals surface area contributed by atoms with Crippen LogP contribution in [0, 0.1) is 0 Å². The quantitative estimate of drug-likeness (QED) is 0.360. The Morgan fingerprint density at radius 1 is 1.43 bits per heavy atom. The van der Waals surface area contributed by atoms with Gasteiger partial charge < -0.3 is 0 Å². The molecule has 0 amide bonds. The minimum absolute atomic E-state index is 0.405. The predicted octanol–water partition coefficient (Wildman–Crippen LogP) is 1.74. The molecule has 41 valence electrons. The molecule has 0 aliphatic heterocycles. The van der Waals surface area contributed by atoms with Crippen LogP contribution in [0.25, 0.3) is 0 Å². The fraction of sp³-hybridized carbons (Fsp3) is 1.00. The van der Waals surface area contributed by atoms with Crippen LogP contribution in [0.3, 0.4) is 0 Å². The summed E-state index contributed by atoms with van der Waals surface area (Å²) in [7, 11) is 4.96. The zero-order valence-corrected chi connectivity index (χ0v) is 6.52. The maximum absolute atomic E-state index is 2.69. The summed E-state index contributed by atoms with van der Waals surface area (Å²) >= 11 is 0. The summed E-state index contributed by atoms with van der Waals surface area (Å²) in [6.07, 6.45) is 0. The van der Waals surface area contributed by atoms with E-state index < -0.39 is 0 Å². The second kappa shape index (κ2) is 2.72. The van der Waals surface area contributed by atoms with Gasteiger partial charge in [-0.1, -0.05) is 32.1 Å². The highest BCUT2D eigenvalue weighted by Crippen LogP contribution is 2.19. The van der Waals surface area contributed by atoms with Gasteiger partial charge in [0.25, 0.3) is 0 Å². The fourth-order valence-electron chi connectivity index (χ4n) is 0.354. The molecule has 0 aliphatic rings. The topological polar surface area (TPSA) is 0 Å². The van der Waals surface area contributed by atoms with Crippen molar-refractivity contribution in [3.8, 4) is 0 Å². The zero-order valence-electron chi connectivity index (χ0n) is 5.36. The van der Waals surface area contributed by atoms with Gasteiger partial charge in [0.05, 0.1) is 0 Å². The molecule has 0 fully saturated rings. The van der Waals surface area contributed by atoms with Crippen LogP contribution < -0.4 is 0 Å². The van der Waals surface area contributed by atoms with E-state index in [1.807, 2.05) is 0 Å². The van der Waals surface area contributed by atoms with Crippen molar-refractivity contribution in [2.24, 2.45) is 0 Å². The van der Waals surface area contributed by atoms with Gasteiger partial charge >= 0.3 is 0 Å². The van der Waals surface area contributed by atoms with Crippen molar-refractivity contribution in [2.45, 2.75) is 26.1 Å². The van der Waals surface area contributed by atoms with Gasteiger partial charge in [-0.2, -0.15) is 0 Å². The van der Waals surface area contributed by atoms with Crippen molar-refractivity contribution in [2.75, 3.05) is 6.06 Å². The van der Waals surface area contributed by atoms with E-state index in [4.69, 9.17) is 0 Å². The predicted molar refractivity (Wildman–Crippen MR) is 40.0 cm³/mol. The lowest BCUT2D eigenvalue weighted by Gasteiger charge is -2.13. The molecule has 0 saturated heterocycles. The normalized spacial score (nSPS) is 11.4. The van der Waals surface area contributed by atoms with Crippen LogP contribution in [0.15, 0.2) is 0 Å². The molecular formula is C5H13BP. The minimum Gasteiger partial charge on any atom is -0.146 e. The van der Waals surface area contributed by atoms with E-state index >= 15 is 0 Å². The summed E-state index contributed by atoms with van der Waals surface area (Å²) in [6.45, 7) is 6.62. The van der Waals surface area contributed by atoms with Gasteiger partial charge in [0.1, 0.15) is 7.28 Å². The molecule has 0 aromatic rings. The molecule has 2 heteroatoms. The van der Waals surface area contributed by atoms with E-state index in [2.05, 4.69) is 37.3 Å². The molecule has 0 aromatic carbocycles. The highest BCUT2D eigenvalue weighted by molar-refractivity contribution is 7.20. The second-order valence-corrected chi connectivity index (χ2v) is 3.28. The molecule has 0 nitrogen and oxygen atoms in total. The van der Waals surface area contributed by atoms with E-state index in [0.717, 1.165) is 6.06 Å². The van der Waals surface area contributed by atoms with Crippen molar-refractivity contribution in [3.05, 3.63) is 0 Å². The second-order valence-electron chi connectivity index (χ2n) is 2.81. The molecule has 0 rings (SSSR count). The van der Waals surface area contributed by atoms with Crippen LogP contribution in [-0.2, 0) is 0 Å². The van der Waals surface area contributed by atoms with Gasteiger partial charge in [-0.25, -0.2) is 0 Å². The summed E-state index contributed by atoms with van der Waals surface area (Å²) in [5.41, 5.74) is 0. The molecule has 0 saturated carbocycles. The van der Waals surface area contributed by atoms with Gasteiger partial charge in [-0.05, 0) is 0 Å². The van der Waals surface area contributed by atoms with Crippen molar-refractivity contribution in [1.29, 1.82) is 0 Å². The third-order valence-electron chi connectivity index (χ3n) is 0.730. The van der Waals surface area contributed by atoms with Gasteiger partial charge in [-0.15, -0.1) is 9.24 Å². The van der Waals surface area contributed by atoms with Gasteiger partial charge in [0.15, 0.2) is 0 Å². The summed E-state index contributed by atoms with van der Waals surface area (Å²) < 4.78 is 0. The lowest BCUT2D eigenvalue weighted by Crippen LogP contribution is -2.08. The molecule has 0 aliphatic carbocycles. The molecule has 0 aromatic heterocycles. The molecule has 1 atom stereocenters. The van der Waals surface area contributed by atoms with E-state index in [9.17, 15) is 0 Å². The van der Waals surface area contributed by atoms with Crippen molar-refractivity contribution < 1.29 is 0 Å². The molecule has 1 radical (unpaired) electrons. The van der Waals surface area contributed by atoms with Crippen molar-refractivity contribution in [1.82, 2.24) is 0 Å². The highest BCUT2D eigenvalue weighted by atomic mass is 31.0. The Morgan fingerprint density at radius 2 is 1.86 bits per heavy atom. The number of rotatable bonds is 1. The summed E-state index contributed by atoms with van der Waals surface area (Å²) in [4.78, 5) is 0. The first-order valence-electron chi connectivity index (χ1n) is 2.61. The smallest absolute Gasteiger partial charge is 0.121 e. The highest BCUT2D eigenvalue weighted by Gasteiger charge is 2.08. The Hall–Kier alpha value is 0.495. The van der Waals surface area contributed by atoms with E-state index in [0.29, 0.717) is 5.31 Å². The number of hydrogen-bond acceptors (Lipinski definition) is 0. The van der Waals surface area contributed by atoms with Crippen LogP contribution in [0.1, 0.15) is 20.8 Å². The van der Waals surface area contributed by atoms with E-state index in [1.165, 1.54) is 0 Å². The first-order valence-corrected chi connectivity index (χ1v) is 3.42. The average Bonchev–Trinajstić information content (AvgIpc) is 1.30. The molecule has 0 N–H and O–H groups in total. The van der Waals surface area contributed by atoms with Crippen LogP contribution in [0.5, 0.6) is 0 Å². The molecule has 7 heavy (non-hydrogen) atoms. The lowest BCUT2D eigenvalue weighted by molar-refractivity contribution is 0.755. The summed E-state index contributed by atoms with van der Waals surface area (Å²) in [5, 5.41) is 0.405. The first-order chi connectivity index (χ1) is 3.06. The maximum Gasteiger partial charge on any atom is 0.121 e. The Balaban J connectivity index is 3.15. The van der Waals surface area contributed by atoms with Gasteiger partial charge in [0.2, 0.25) is 0 Å². The SMILES string of the molecule is CC(C)(C)[B]CP. The molecule has 0 spiro atoms. The lowest BCUT2D eigenvalue weighted by atomic mass is 9.57. The third-order valence-corrected chi connectivity index (χ3v) is 0.966. The minimum atomic E-state index is 0.405. The third kappa shape index (κ3) is 6.49.